The third-order valence-corrected chi connectivity index (χ3v) is 4.43. The van der Waals surface area contributed by atoms with Gasteiger partial charge >= 0.3 is 0 Å². The summed E-state index contributed by atoms with van der Waals surface area (Å²) in [5, 5.41) is 0. The molecule has 0 aliphatic heterocycles. The first-order chi connectivity index (χ1) is 11.3. The van der Waals surface area contributed by atoms with Crippen molar-refractivity contribution in [3.8, 4) is 11.8 Å². The Morgan fingerprint density at radius 2 is 1.43 bits per heavy atom. The van der Waals surface area contributed by atoms with Crippen LogP contribution in [-0.2, 0) is 6.42 Å². The molecule has 2 aromatic rings. The number of benzene rings is 2. The highest BCUT2D eigenvalue weighted by atomic mass is 14.1. The average molecular weight is 304 g/mol. The summed E-state index contributed by atoms with van der Waals surface area (Å²) in [6, 6.07) is 18.9. The van der Waals surface area contributed by atoms with Crippen LogP contribution in [0, 0.1) is 17.8 Å². The summed E-state index contributed by atoms with van der Waals surface area (Å²) in [7, 11) is 0. The SMILES string of the molecule is CCCC(CC)CCCc1ccc(C#Cc2ccccc2)cc1. The van der Waals surface area contributed by atoms with Crippen LogP contribution in [0.2, 0.25) is 0 Å². The monoisotopic (exact) mass is 304 g/mol. The lowest BCUT2D eigenvalue weighted by molar-refractivity contribution is 0.419. The van der Waals surface area contributed by atoms with E-state index in [4.69, 9.17) is 0 Å². The van der Waals surface area contributed by atoms with Gasteiger partial charge in [-0.1, -0.05) is 81.7 Å². The van der Waals surface area contributed by atoms with Crippen molar-refractivity contribution in [2.75, 3.05) is 0 Å². The molecule has 0 saturated heterocycles. The topological polar surface area (TPSA) is 0 Å². The number of aryl methyl sites for hydroxylation is 1. The van der Waals surface area contributed by atoms with Crippen LogP contribution in [0.4, 0.5) is 0 Å². The maximum absolute atomic E-state index is 3.24. The Morgan fingerprint density at radius 3 is 2.04 bits per heavy atom. The Hall–Kier alpha value is -2.00. The van der Waals surface area contributed by atoms with Crippen molar-refractivity contribution in [3.05, 3.63) is 71.3 Å². The van der Waals surface area contributed by atoms with Crippen molar-refractivity contribution < 1.29 is 0 Å². The zero-order chi connectivity index (χ0) is 16.3. The Labute approximate surface area is 142 Å². The molecule has 1 atom stereocenters. The van der Waals surface area contributed by atoms with Gasteiger partial charge in [0.05, 0.1) is 0 Å². The number of hydrogen-bond acceptors (Lipinski definition) is 0. The molecule has 0 heterocycles. The minimum atomic E-state index is 0.913. The summed E-state index contributed by atoms with van der Waals surface area (Å²) >= 11 is 0. The lowest BCUT2D eigenvalue weighted by Gasteiger charge is -2.13. The van der Waals surface area contributed by atoms with Crippen LogP contribution in [0.3, 0.4) is 0 Å². The summed E-state index contributed by atoms with van der Waals surface area (Å²) in [6.45, 7) is 4.61. The first-order valence-electron chi connectivity index (χ1n) is 8.97. The summed E-state index contributed by atoms with van der Waals surface area (Å²) in [5.74, 6) is 7.36. The highest BCUT2D eigenvalue weighted by Gasteiger charge is 2.04. The molecule has 2 rings (SSSR count). The minimum Gasteiger partial charge on any atom is -0.0654 e. The predicted octanol–water partition coefficient (Wildman–Crippen LogP) is 6.24. The van der Waals surface area contributed by atoms with Crippen molar-refractivity contribution in [2.24, 2.45) is 5.92 Å². The second-order valence-corrected chi connectivity index (χ2v) is 6.27. The first-order valence-corrected chi connectivity index (χ1v) is 8.97. The molecule has 0 heteroatoms. The van der Waals surface area contributed by atoms with Gasteiger partial charge in [0.2, 0.25) is 0 Å². The molecule has 0 radical (unpaired) electrons. The zero-order valence-corrected chi connectivity index (χ0v) is 14.5. The normalized spacial score (nSPS) is 11.6. The molecule has 0 nitrogen and oxygen atoms in total. The van der Waals surface area contributed by atoms with Crippen molar-refractivity contribution in [3.63, 3.8) is 0 Å². The highest BCUT2D eigenvalue weighted by Crippen LogP contribution is 2.19. The lowest BCUT2D eigenvalue weighted by Crippen LogP contribution is -1.99. The highest BCUT2D eigenvalue weighted by molar-refractivity contribution is 5.43. The second-order valence-electron chi connectivity index (χ2n) is 6.27. The third kappa shape index (κ3) is 6.33. The van der Waals surface area contributed by atoms with E-state index in [0.29, 0.717) is 0 Å². The minimum absolute atomic E-state index is 0.913. The molecule has 0 aliphatic carbocycles. The molecular weight excluding hydrogens is 276 g/mol. The van der Waals surface area contributed by atoms with Crippen LogP contribution < -0.4 is 0 Å². The molecule has 1 unspecified atom stereocenters. The summed E-state index contributed by atoms with van der Waals surface area (Å²) in [4.78, 5) is 0. The van der Waals surface area contributed by atoms with E-state index in [1.54, 1.807) is 0 Å². The van der Waals surface area contributed by atoms with Gasteiger partial charge in [-0.05, 0) is 48.6 Å². The summed E-state index contributed by atoms with van der Waals surface area (Å²) in [5.41, 5.74) is 3.59. The smallest absolute Gasteiger partial charge is 0.0249 e. The van der Waals surface area contributed by atoms with E-state index in [9.17, 15) is 0 Å². The van der Waals surface area contributed by atoms with Crippen molar-refractivity contribution >= 4 is 0 Å². The maximum atomic E-state index is 3.24. The van der Waals surface area contributed by atoms with Crippen molar-refractivity contribution in [1.29, 1.82) is 0 Å². The van der Waals surface area contributed by atoms with E-state index in [0.717, 1.165) is 17.0 Å². The van der Waals surface area contributed by atoms with Gasteiger partial charge in [-0.15, -0.1) is 0 Å². The molecular formula is C23H28. The fourth-order valence-electron chi connectivity index (χ4n) is 2.98. The van der Waals surface area contributed by atoms with Gasteiger partial charge < -0.3 is 0 Å². The Bertz CT molecular complexity index is 611. The van der Waals surface area contributed by atoms with Crippen LogP contribution in [0.5, 0.6) is 0 Å². The van der Waals surface area contributed by atoms with E-state index in [2.05, 4.69) is 50.0 Å². The van der Waals surface area contributed by atoms with Crippen molar-refractivity contribution in [2.45, 2.75) is 52.4 Å². The first kappa shape index (κ1) is 17.4. The predicted molar refractivity (Wildman–Crippen MR) is 100 cm³/mol. The quantitative estimate of drug-likeness (QED) is 0.531. The van der Waals surface area contributed by atoms with Crippen LogP contribution in [0.25, 0.3) is 0 Å². The fourth-order valence-corrected chi connectivity index (χ4v) is 2.98. The average Bonchev–Trinajstić information content (AvgIpc) is 2.61. The van der Waals surface area contributed by atoms with Gasteiger partial charge in [-0.25, -0.2) is 0 Å². The molecule has 0 fully saturated rings. The number of rotatable bonds is 7. The van der Waals surface area contributed by atoms with Crippen LogP contribution in [0.15, 0.2) is 54.6 Å². The standard InChI is InChI=1S/C23H28/c1-3-9-20(4-2)12-8-13-22-15-18-23(19-16-22)17-14-21-10-6-5-7-11-21/h5-7,10-11,15-16,18-20H,3-4,8-9,12-13H2,1-2H3. The van der Waals surface area contributed by atoms with Crippen LogP contribution >= 0.6 is 0 Å². The molecule has 23 heavy (non-hydrogen) atoms. The second kappa shape index (κ2) is 9.90. The molecule has 0 amide bonds. The molecule has 0 spiro atoms. The van der Waals surface area contributed by atoms with Gasteiger partial charge in [0.1, 0.15) is 0 Å². The van der Waals surface area contributed by atoms with Gasteiger partial charge in [-0.3, -0.25) is 0 Å². The Balaban J connectivity index is 1.84. The molecule has 120 valence electrons. The molecule has 2 aromatic carbocycles. The van der Waals surface area contributed by atoms with Gasteiger partial charge in [-0.2, -0.15) is 0 Å². The molecule has 0 bridgehead atoms. The molecule has 0 N–H and O–H groups in total. The summed E-state index contributed by atoms with van der Waals surface area (Å²) in [6.07, 6.45) is 7.86. The van der Waals surface area contributed by atoms with E-state index >= 15 is 0 Å². The molecule has 0 saturated carbocycles. The summed E-state index contributed by atoms with van der Waals surface area (Å²) < 4.78 is 0. The Morgan fingerprint density at radius 1 is 0.783 bits per heavy atom. The Kier molecular flexibility index (Phi) is 7.47. The van der Waals surface area contributed by atoms with Gasteiger partial charge in [0.25, 0.3) is 0 Å². The zero-order valence-electron chi connectivity index (χ0n) is 14.5. The van der Waals surface area contributed by atoms with Crippen molar-refractivity contribution in [1.82, 2.24) is 0 Å². The van der Waals surface area contributed by atoms with Gasteiger partial charge in [0, 0.05) is 11.1 Å². The van der Waals surface area contributed by atoms with E-state index < -0.39 is 0 Å². The number of hydrogen-bond donors (Lipinski definition) is 0. The fraction of sp³-hybridized carbons (Fsp3) is 0.391. The largest absolute Gasteiger partial charge is 0.0654 e. The molecule has 0 aromatic heterocycles. The third-order valence-electron chi connectivity index (χ3n) is 4.43. The van der Waals surface area contributed by atoms with E-state index in [-0.39, 0.29) is 0 Å². The van der Waals surface area contributed by atoms with Crippen LogP contribution in [0.1, 0.15) is 62.6 Å². The lowest BCUT2D eigenvalue weighted by atomic mass is 9.93. The van der Waals surface area contributed by atoms with Gasteiger partial charge in [0.15, 0.2) is 0 Å². The maximum Gasteiger partial charge on any atom is 0.0249 e. The van der Waals surface area contributed by atoms with E-state index in [1.165, 1.54) is 44.1 Å². The molecule has 0 aliphatic rings. The van der Waals surface area contributed by atoms with E-state index in [1.807, 2.05) is 30.3 Å². The van der Waals surface area contributed by atoms with Crippen LogP contribution in [-0.4, -0.2) is 0 Å².